The van der Waals surface area contributed by atoms with Gasteiger partial charge in [0.05, 0.1) is 18.8 Å². The van der Waals surface area contributed by atoms with Gasteiger partial charge in [0.15, 0.2) is 5.78 Å². The maximum atomic E-state index is 14.3. The predicted octanol–water partition coefficient (Wildman–Crippen LogP) is 5.18. The van der Waals surface area contributed by atoms with Gasteiger partial charge in [0.25, 0.3) is 0 Å². The van der Waals surface area contributed by atoms with E-state index in [1.54, 1.807) is 13.8 Å². The third kappa shape index (κ3) is 4.85. The van der Waals surface area contributed by atoms with Crippen LogP contribution >= 0.6 is 0 Å². The van der Waals surface area contributed by atoms with E-state index in [2.05, 4.69) is 12.2 Å². The standard InChI is InChI=1S/C30H33NO5/c1-4-13-22-27(30(34)36-6-3)24(20-16-11-8-12-17-20)26-23(31-22)18-21(19-14-9-7-10-15-19)25(28(26)32)29(33)35-5-2/h7-12,14-17,21,24-25,31H,4-6,13,18H2,1-3H3/t21-,24+,25+/m1/s1. The summed E-state index contributed by atoms with van der Waals surface area (Å²) in [5, 5.41) is 3.45. The average molecular weight is 488 g/mol. The van der Waals surface area contributed by atoms with Crippen LogP contribution in [0.5, 0.6) is 0 Å². The van der Waals surface area contributed by atoms with Crippen molar-refractivity contribution in [2.24, 2.45) is 5.92 Å². The summed E-state index contributed by atoms with van der Waals surface area (Å²) in [6.07, 6.45) is 1.91. The normalized spacial score (nSPS) is 21.5. The highest BCUT2D eigenvalue weighted by Crippen LogP contribution is 2.48. The summed E-state index contributed by atoms with van der Waals surface area (Å²) in [4.78, 5) is 40.8. The van der Waals surface area contributed by atoms with E-state index in [1.165, 1.54) is 0 Å². The van der Waals surface area contributed by atoms with E-state index in [4.69, 9.17) is 9.47 Å². The maximum Gasteiger partial charge on any atom is 0.336 e. The molecule has 1 aliphatic carbocycles. The van der Waals surface area contributed by atoms with Crippen LogP contribution in [0.3, 0.4) is 0 Å². The first kappa shape index (κ1) is 25.4. The van der Waals surface area contributed by atoms with Crippen LogP contribution in [-0.2, 0) is 23.9 Å². The first-order chi connectivity index (χ1) is 17.5. The van der Waals surface area contributed by atoms with Crippen molar-refractivity contribution in [2.75, 3.05) is 13.2 Å². The van der Waals surface area contributed by atoms with Crippen LogP contribution in [-0.4, -0.2) is 30.9 Å². The van der Waals surface area contributed by atoms with Crippen LogP contribution in [0.25, 0.3) is 0 Å². The van der Waals surface area contributed by atoms with Gasteiger partial charge in [-0.3, -0.25) is 9.59 Å². The molecule has 0 amide bonds. The number of rotatable bonds is 8. The Morgan fingerprint density at radius 3 is 2.08 bits per heavy atom. The fraction of sp³-hybridized carbons (Fsp3) is 0.367. The van der Waals surface area contributed by atoms with Crippen molar-refractivity contribution in [3.8, 4) is 0 Å². The van der Waals surface area contributed by atoms with Crippen LogP contribution in [0.4, 0.5) is 0 Å². The molecule has 6 heteroatoms. The number of hydrogen-bond acceptors (Lipinski definition) is 6. The molecule has 0 saturated heterocycles. The quantitative estimate of drug-likeness (QED) is 0.408. The molecule has 3 atom stereocenters. The van der Waals surface area contributed by atoms with Gasteiger partial charge in [0, 0.05) is 28.8 Å². The largest absolute Gasteiger partial charge is 0.465 e. The van der Waals surface area contributed by atoms with Crippen molar-refractivity contribution < 1.29 is 23.9 Å². The van der Waals surface area contributed by atoms with Crippen LogP contribution in [0.1, 0.15) is 63.0 Å². The molecule has 0 radical (unpaired) electrons. The molecule has 0 spiro atoms. The van der Waals surface area contributed by atoms with Crippen molar-refractivity contribution in [1.82, 2.24) is 5.32 Å². The second kappa shape index (κ2) is 11.4. The predicted molar refractivity (Wildman–Crippen MR) is 137 cm³/mol. The lowest BCUT2D eigenvalue weighted by Crippen LogP contribution is -2.43. The number of benzene rings is 2. The van der Waals surface area contributed by atoms with Crippen molar-refractivity contribution in [2.45, 2.75) is 51.9 Å². The lowest BCUT2D eigenvalue weighted by atomic mass is 9.67. The molecule has 1 N–H and O–H groups in total. The molecular weight excluding hydrogens is 454 g/mol. The van der Waals surface area contributed by atoms with Gasteiger partial charge in [-0.15, -0.1) is 0 Å². The van der Waals surface area contributed by atoms with E-state index < -0.39 is 23.8 Å². The van der Waals surface area contributed by atoms with Crippen molar-refractivity contribution >= 4 is 17.7 Å². The molecule has 6 nitrogen and oxygen atoms in total. The third-order valence-corrected chi connectivity index (χ3v) is 6.80. The fourth-order valence-corrected chi connectivity index (χ4v) is 5.34. The molecule has 2 aliphatic rings. The SMILES string of the molecule is CCCC1=C(C(=O)OCC)[C@@H](c2ccccc2)C2=C(C[C@H](c3ccccc3)[C@H](C(=O)OCC)C2=O)N1. The molecule has 2 aromatic rings. The number of nitrogens with one attached hydrogen (secondary N) is 1. The zero-order chi connectivity index (χ0) is 25.7. The molecule has 188 valence electrons. The summed E-state index contributed by atoms with van der Waals surface area (Å²) >= 11 is 0. The molecule has 0 unspecified atom stereocenters. The highest BCUT2D eigenvalue weighted by molar-refractivity contribution is 6.13. The van der Waals surface area contributed by atoms with E-state index >= 15 is 0 Å². The Morgan fingerprint density at radius 1 is 0.889 bits per heavy atom. The van der Waals surface area contributed by atoms with Gasteiger partial charge >= 0.3 is 11.9 Å². The Balaban J connectivity index is 1.91. The first-order valence-electron chi connectivity index (χ1n) is 12.7. The number of ketones is 1. The lowest BCUT2D eigenvalue weighted by molar-refractivity contribution is -0.152. The van der Waals surface area contributed by atoms with E-state index in [0.29, 0.717) is 24.0 Å². The summed E-state index contributed by atoms with van der Waals surface area (Å²) < 4.78 is 10.9. The molecule has 0 fully saturated rings. The van der Waals surface area contributed by atoms with Gasteiger partial charge in [0.1, 0.15) is 5.92 Å². The summed E-state index contributed by atoms with van der Waals surface area (Å²) in [6.45, 7) is 5.97. The first-order valence-corrected chi connectivity index (χ1v) is 12.7. The van der Waals surface area contributed by atoms with Gasteiger partial charge in [-0.2, -0.15) is 0 Å². The molecular formula is C30H33NO5. The minimum atomic E-state index is -0.990. The number of hydrogen-bond donors (Lipinski definition) is 1. The molecule has 1 heterocycles. The minimum Gasteiger partial charge on any atom is -0.465 e. The highest BCUT2D eigenvalue weighted by Gasteiger charge is 2.49. The molecule has 1 aliphatic heterocycles. The van der Waals surface area contributed by atoms with E-state index in [-0.39, 0.29) is 24.9 Å². The number of Topliss-reactive ketones (excluding diaryl/α,β-unsaturated/α-hetero) is 1. The number of esters is 2. The van der Waals surface area contributed by atoms with Crippen molar-refractivity contribution in [1.29, 1.82) is 0 Å². The molecule has 0 saturated carbocycles. The van der Waals surface area contributed by atoms with Crippen LogP contribution in [0.2, 0.25) is 0 Å². The fourth-order valence-electron chi connectivity index (χ4n) is 5.34. The number of ether oxygens (including phenoxy) is 2. The van der Waals surface area contributed by atoms with Gasteiger partial charge in [-0.25, -0.2) is 4.79 Å². The highest BCUT2D eigenvalue weighted by atomic mass is 16.5. The summed E-state index contributed by atoms with van der Waals surface area (Å²) in [5.74, 6) is -3.26. The number of dihydropyridines is 1. The van der Waals surface area contributed by atoms with Gasteiger partial charge in [-0.05, 0) is 37.8 Å². The van der Waals surface area contributed by atoms with Gasteiger partial charge in [-0.1, -0.05) is 74.0 Å². The van der Waals surface area contributed by atoms with Crippen LogP contribution in [0, 0.1) is 5.92 Å². The van der Waals surface area contributed by atoms with Crippen molar-refractivity contribution in [3.63, 3.8) is 0 Å². The zero-order valence-corrected chi connectivity index (χ0v) is 21.1. The van der Waals surface area contributed by atoms with E-state index in [1.807, 2.05) is 60.7 Å². The Hall–Kier alpha value is -3.67. The maximum absolute atomic E-state index is 14.3. The Morgan fingerprint density at radius 2 is 1.50 bits per heavy atom. The van der Waals surface area contributed by atoms with E-state index in [9.17, 15) is 14.4 Å². The topological polar surface area (TPSA) is 81.7 Å². The Bertz CT molecular complexity index is 1180. The number of allylic oxidation sites excluding steroid dienone is 3. The van der Waals surface area contributed by atoms with Crippen LogP contribution in [0.15, 0.2) is 83.2 Å². The lowest BCUT2D eigenvalue weighted by Gasteiger charge is -2.40. The summed E-state index contributed by atoms with van der Waals surface area (Å²) in [6, 6.07) is 19.1. The minimum absolute atomic E-state index is 0.186. The third-order valence-electron chi connectivity index (χ3n) is 6.80. The summed E-state index contributed by atoms with van der Waals surface area (Å²) in [5.41, 5.74) is 4.16. The Labute approximate surface area is 212 Å². The summed E-state index contributed by atoms with van der Waals surface area (Å²) in [7, 11) is 0. The monoisotopic (exact) mass is 487 g/mol. The molecule has 36 heavy (non-hydrogen) atoms. The van der Waals surface area contributed by atoms with Crippen molar-refractivity contribution in [3.05, 3.63) is 94.3 Å². The average Bonchev–Trinajstić information content (AvgIpc) is 2.89. The second-order valence-electron chi connectivity index (χ2n) is 9.04. The number of carbonyl (C=O) groups excluding carboxylic acids is 3. The van der Waals surface area contributed by atoms with E-state index in [0.717, 1.165) is 28.9 Å². The smallest absolute Gasteiger partial charge is 0.336 e. The van der Waals surface area contributed by atoms with Crippen LogP contribution < -0.4 is 5.32 Å². The Kier molecular flexibility index (Phi) is 8.04. The second-order valence-corrected chi connectivity index (χ2v) is 9.04. The molecule has 0 bridgehead atoms. The molecule has 2 aromatic carbocycles. The van der Waals surface area contributed by atoms with Gasteiger partial charge in [0.2, 0.25) is 0 Å². The molecule has 0 aromatic heterocycles. The zero-order valence-electron chi connectivity index (χ0n) is 21.1. The molecule has 4 rings (SSSR count). The van der Waals surface area contributed by atoms with Gasteiger partial charge < -0.3 is 14.8 Å². The number of carbonyl (C=O) groups is 3.